The largest absolute Gasteiger partial charge is 0.352 e. The van der Waals surface area contributed by atoms with Gasteiger partial charge in [0.2, 0.25) is 5.91 Å². The zero-order valence-electron chi connectivity index (χ0n) is 15.5. The Balaban J connectivity index is 1.55. The Labute approximate surface area is 155 Å². The summed E-state index contributed by atoms with van der Waals surface area (Å²) in [4.78, 5) is 20.2. The van der Waals surface area contributed by atoms with E-state index in [-0.39, 0.29) is 5.91 Å². The Morgan fingerprint density at radius 3 is 2.46 bits per heavy atom. The lowest BCUT2D eigenvalue weighted by Crippen LogP contribution is -2.38. The van der Waals surface area contributed by atoms with Gasteiger partial charge in [-0.15, -0.1) is 0 Å². The van der Waals surface area contributed by atoms with Crippen LogP contribution in [0.2, 0.25) is 0 Å². The number of anilines is 1. The van der Waals surface area contributed by atoms with Gasteiger partial charge < -0.3 is 15.1 Å². The van der Waals surface area contributed by atoms with Crippen LogP contribution >= 0.6 is 0 Å². The van der Waals surface area contributed by atoms with Crippen molar-refractivity contribution in [3.63, 3.8) is 0 Å². The average molecular weight is 350 g/mol. The third-order valence-corrected chi connectivity index (χ3v) is 4.61. The van der Waals surface area contributed by atoms with Crippen molar-refractivity contribution >= 4 is 17.6 Å². The maximum Gasteiger partial charge on any atom is 0.227 e. The molecule has 0 saturated carbocycles. The molecular formula is C21H26N4O. The lowest BCUT2D eigenvalue weighted by molar-refractivity contribution is -0.117. The van der Waals surface area contributed by atoms with Crippen molar-refractivity contribution in [2.45, 2.75) is 25.9 Å². The molecule has 2 aromatic rings. The topological polar surface area (TPSA) is 47.9 Å². The Hall–Kier alpha value is -2.82. The molecule has 0 bridgehead atoms. The van der Waals surface area contributed by atoms with Crippen molar-refractivity contribution in [2.24, 2.45) is 4.99 Å². The molecule has 0 radical (unpaired) electrons. The molecule has 1 amide bonds. The van der Waals surface area contributed by atoms with Gasteiger partial charge in [-0.3, -0.25) is 9.79 Å². The number of hydrogen-bond donors (Lipinski definition) is 1. The highest BCUT2D eigenvalue weighted by Gasteiger charge is 2.21. The van der Waals surface area contributed by atoms with Gasteiger partial charge in [0.1, 0.15) is 0 Å². The highest BCUT2D eigenvalue weighted by molar-refractivity contribution is 5.95. The molecule has 1 N–H and O–H groups in total. The number of carbonyl (C=O) groups is 1. The summed E-state index contributed by atoms with van der Waals surface area (Å²) >= 11 is 0. The third-order valence-electron chi connectivity index (χ3n) is 4.61. The molecular weight excluding hydrogens is 324 g/mol. The summed E-state index contributed by atoms with van der Waals surface area (Å²) < 4.78 is 0. The number of nitrogens with one attached hydrogen (secondary N) is 1. The number of aliphatic imine (C=N–C) groups is 1. The first kappa shape index (κ1) is 18.0. The van der Waals surface area contributed by atoms with Gasteiger partial charge in [-0.1, -0.05) is 42.5 Å². The number of rotatable bonds is 5. The van der Waals surface area contributed by atoms with Crippen molar-refractivity contribution in [1.82, 2.24) is 10.2 Å². The predicted octanol–water partition coefficient (Wildman–Crippen LogP) is 3.02. The molecule has 5 heteroatoms. The number of benzene rings is 2. The summed E-state index contributed by atoms with van der Waals surface area (Å²) in [6.45, 7) is 2.32. The van der Waals surface area contributed by atoms with Crippen molar-refractivity contribution in [1.29, 1.82) is 0 Å². The van der Waals surface area contributed by atoms with E-state index in [1.165, 1.54) is 5.56 Å². The smallest absolute Gasteiger partial charge is 0.227 e. The molecule has 1 fully saturated rings. The monoisotopic (exact) mass is 350 g/mol. The Morgan fingerprint density at radius 1 is 1.12 bits per heavy atom. The van der Waals surface area contributed by atoms with Crippen LogP contribution in [-0.4, -0.2) is 37.4 Å². The molecule has 1 aliphatic rings. The normalized spacial score (nSPS) is 14.6. The van der Waals surface area contributed by atoms with Crippen LogP contribution in [0.4, 0.5) is 5.69 Å². The fourth-order valence-corrected chi connectivity index (χ4v) is 3.21. The minimum absolute atomic E-state index is 0.221. The fourth-order valence-electron chi connectivity index (χ4n) is 3.21. The second-order valence-corrected chi connectivity index (χ2v) is 6.56. The van der Waals surface area contributed by atoms with Crippen molar-refractivity contribution in [3.05, 3.63) is 65.7 Å². The molecule has 0 spiro atoms. The summed E-state index contributed by atoms with van der Waals surface area (Å²) in [7, 11) is 3.83. The van der Waals surface area contributed by atoms with Crippen LogP contribution in [0.15, 0.2) is 59.6 Å². The second kappa shape index (κ2) is 8.52. The summed E-state index contributed by atoms with van der Waals surface area (Å²) in [5.41, 5.74) is 3.40. The molecule has 0 unspecified atom stereocenters. The van der Waals surface area contributed by atoms with Crippen LogP contribution in [0.5, 0.6) is 0 Å². The summed E-state index contributed by atoms with van der Waals surface area (Å²) in [6.07, 6.45) is 1.61. The lowest BCUT2D eigenvalue weighted by atomic mass is 10.2. The lowest BCUT2D eigenvalue weighted by Gasteiger charge is -2.22. The van der Waals surface area contributed by atoms with Gasteiger partial charge in [0.15, 0.2) is 5.96 Å². The first-order valence-electron chi connectivity index (χ1n) is 9.02. The summed E-state index contributed by atoms with van der Waals surface area (Å²) in [5, 5.41) is 3.40. The Bertz CT molecular complexity index is 755. The zero-order valence-corrected chi connectivity index (χ0v) is 15.5. The summed E-state index contributed by atoms with van der Waals surface area (Å²) in [5.74, 6) is 1.08. The first-order chi connectivity index (χ1) is 12.7. The van der Waals surface area contributed by atoms with Crippen molar-refractivity contribution < 1.29 is 4.79 Å². The van der Waals surface area contributed by atoms with Crippen LogP contribution in [0.3, 0.4) is 0 Å². The molecule has 3 rings (SSSR count). The molecule has 0 aromatic heterocycles. The average Bonchev–Trinajstić information content (AvgIpc) is 3.09. The van der Waals surface area contributed by atoms with Gasteiger partial charge in [-0.05, 0) is 29.7 Å². The van der Waals surface area contributed by atoms with Gasteiger partial charge in [0, 0.05) is 45.8 Å². The van der Waals surface area contributed by atoms with Crippen LogP contribution in [-0.2, 0) is 17.9 Å². The third kappa shape index (κ3) is 4.42. The molecule has 136 valence electrons. The first-order valence-corrected chi connectivity index (χ1v) is 9.02. The van der Waals surface area contributed by atoms with Crippen molar-refractivity contribution in [2.75, 3.05) is 25.5 Å². The van der Waals surface area contributed by atoms with Crippen LogP contribution in [0, 0.1) is 0 Å². The van der Waals surface area contributed by atoms with Crippen LogP contribution in [0.1, 0.15) is 24.0 Å². The number of guanidine groups is 1. The molecule has 1 aliphatic heterocycles. The molecule has 1 saturated heterocycles. The molecule has 2 aromatic carbocycles. The van der Waals surface area contributed by atoms with Crippen LogP contribution < -0.4 is 10.2 Å². The predicted molar refractivity (Wildman–Crippen MR) is 106 cm³/mol. The maximum absolute atomic E-state index is 11.8. The van der Waals surface area contributed by atoms with Gasteiger partial charge in [-0.25, -0.2) is 0 Å². The van der Waals surface area contributed by atoms with E-state index in [2.05, 4.69) is 39.5 Å². The SMILES string of the molecule is CN=C(NCc1ccc(N2CCCC2=O)cc1)N(C)Cc1ccccc1. The van der Waals surface area contributed by atoms with E-state index in [1.54, 1.807) is 7.05 Å². The molecule has 0 aliphatic carbocycles. The quantitative estimate of drug-likeness (QED) is 0.666. The number of nitrogens with zero attached hydrogens (tertiary/aromatic N) is 3. The molecule has 26 heavy (non-hydrogen) atoms. The number of amides is 1. The van der Waals surface area contributed by atoms with Crippen LogP contribution in [0.25, 0.3) is 0 Å². The Morgan fingerprint density at radius 2 is 1.85 bits per heavy atom. The van der Waals surface area contributed by atoms with E-state index in [0.29, 0.717) is 13.0 Å². The number of hydrogen-bond acceptors (Lipinski definition) is 2. The van der Waals surface area contributed by atoms with Gasteiger partial charge in [0.25, 0.3) is 0 Å². The van der Waals surface area contributed by atoms with Crippen molar-refractivity contribution in [3.8, 4) is 0 Å². The summed E-state index contributed by atoms with van der Waals surface area (Å²) in [6, 6.07) is 18.5. The highest BCUT2D eigenvalue weighted by Crippen LogP contribution is 2.21. The van der Waals surface area contributed by atoms with E-state index in [0.717, 1.165) is 36.7 Å². The minimum Gasteiger partial charge on any atom is -0.352 e. The van der Waals surface area contributed by atoms with E-state index in [4.69, 9.17) is 0 Å². The second-order valence-electron chi connectivity index (χ2n) is 6.56. The van der Waals surface area contributed by atoms with E-state index in [9.17, 15) is 4.79 Å². The van der Waals surface area contributed by atoms with Gasteiger partial charge in [0.05, 0.1) is 0 Å². The Kier molecular flexibility index (Phi) is 5.89. The van der Waals surface area contributed by atoms with E-state index in [1.807, 2.05) is 42.3 Å². The van der Waals surface area contributed by atoms with E-state index >= 15 is 0 Å². The fraction of sp³-hybridized carbons (Fsp3) is 0.333. The standard InChI is InChI=1S/C21H26N4O/c1-22-21(24(2)16-18-7-4-3-5-8-18)23-15-17-10-12-19(13-11-17)25-14-6-9-20(25)26/h3-5,7-8,10-13H,6,9,14-16H2,1-2H3,(H,22,23). The minimum atomic E-state index is 0.221. The number of carbonyl (C=O) groups excluding carboxylic acids is 1. The molecule has 5 nitrogen and oxygen atoms in total. The zero-order chi connectivity index (χ0) is 18.4. The maximum atomic E-state index is 11.8. The van der Waals surface area contributed by atoms with E-state index < -0.39 is 0 Å². The van der Waals surface area contributed by atoms with Gasteiger partial charge in [-0.2, -0.15) is 0 Å². The molecule has 0 atom stereocenters. The van der Waals surface area contributed by atoms with Gasteiger partial charge >= 0.3 is 0 Å². The highest BCUT2D eigenvalue weighted by atomic mass is 16.2. The molecule has 1 heterocycles.